The molecular weight excluding hydrogens is 206 g/mol. The van der Waals surface area contributed by atoms with Crippen LogP contribution in [0.5, 0.6) is 0 Å². The van der Waals surface area contributed by atoms with Crippen molar-refractivity contribution in [1.29, 1.82) is 0 Å². The SMILES string of the molecule is Cc1ccc(F)c(C(O)C(F)C(=O)O)c1. The molecule has 1 rings (SSSR count). The number of rotatable bonds is 3. The number of benzene rings is 1. The number of alkyl halides is 1. The number of carbonyl (C=O) groups is 1. The zero-order chi connectivity index (χ0) is 11.6. The summed E-state index contributed by atoms with van der Waals surface area (Å²) in [4.78, 5) is 10.3. The molecule has 0 spiro atoms. The fourth-order valence-electron chi connectivity index (χ4n) is 1.18. The molecule has 2 N–H and O–H groups in total. The third-order valence-electron chi connectivity index (χ3n) is 1.98. The first-order chi connectivity index (χ1) is 6.93. The fraction of sp³-hybridized carbons (Fsp3) is 0.300. The lowest BCUT2D eigenvalue weighted by molar-refractivity contribution is -0.147. The van der Waals surface area contributed by atoms with Gasteiger partial charge in [-0.3, -0.25) is 0 Å². The normalized spacial score (nSPS) is 14.7. The Balaban J connectivity index is 3.04. The minimum Gasteiger partial charge on any atom is -0.479 e. The van der Waals surface area contributed by atoms with E-state index in [1.165, 1.54) is 12.1 Å². The molecule has 0 radical (unpaired) electrons. The van der Waals surface area contributed by atoms with Crippen molar-refractivity contribution in [2.75, 3.05) is 0 Å². The van der Waals surface area contributed by atoms with E-state index >= 15 is 0 Å². The molecule has 2 atom stereocenters. The van der Waals surface area contributed by atoms with Crippen LogP contribution in [0.4, 0.5) is 8.78 Å². The quantitative estimate of drug-likeness (QED) is 0.806. The zero-order valence-corrected chi connectivity index (χ0v) is 7.95. The summed E-state index contributed by atoms with van der Waals surface area (Å²) >= 11 is 0. The van der Waals surface area contributed by atoms with E-state index in [1.807, 2.05) is 0 Å². The predicted octanol–water partition coefficient (Wildman–Crippen LogP) is 1.59. The molecular formula is C10H10F2O3. The summed E-state index contributed by atoms with van der Waals surface area (Å²) in [6.45, 7) is 1.63. The average Bonchev–Trinajstić information content (AvgIpc) is 2.19. The van der Waals surface area contributed by atoms with E-state index in [0.29, 0.717) is 5.56 Å². The van der Waals surface area contributed by atoms with Crippen LogP contribution in [0.3, 0.4) is 0 Å². The first-order valence-electron chi connectivity index (χ1n) is 4.24. The van der Waals surface area contributed by atoms with Crippen molar-refractivity contribution in [3.63, 3.8) is 0 Å². The van der Waals surface area contributed by atoms with E-state index in [0.717, 1.165) is 6.07 Å². The lowest BCUT2D eigenvalue weighted by Gasteiger charge is -2.13. The van der Waals surface area contributed by atoms with Gasteiger partial charge in [0.15, 0.2) is 0 Å². The average molecular weight is 216 g/mol. The van der Waals surface area contributed by atoms with Crippen molar-refractivity contribution < 1.29 is 23.8 Å². The Bertz CT molecular complexity index is 379. The van der Waals surface area contributed by atoms with E-state index in [1.54, 1.807) is 6.92 Å². The summed E-state index contributed by atoms with van der Waals surface area (Å²) in [6, 6.07) is 3.72. The third-order valence-corrected chi connectivity index (χ3v) is 1.98. The van der Waals surface area contributed by atoms with Crippen LogP contribution in [0.25, 0.3) is 0 Å². The van der Waals surface area contributed by atoms with E-state index in [4.69, 9.17) is 5.11 Å². The van der Waals surface area contributed by atoms with Crippen LogP contribution in [0.1, 0.15) is 17.2 Å². The van der Waals surface area contributed by atoms with Crippen molar-refractivity contribution in [2.24, 2.45) is 0 Å². The number of hydrogen-bond acceptors (Lipinski definition) is 2. The number of carboxylic acids is 1. The molecule has 0 heterocycles. The van der Waals surface area contributed by atoms with Gasteiger partial charge in [0, 0.05) is 5.56 Å². The van der Waals surface area contributed by atoms with E-state index in [9.17, 15) is 18.7 Å². The minimum absolute atomic E-state index is 0.343. The van der Waals surface area contributed by atoms with E-state index < -0.39 is 24.1 Å². The third kappa shape index (κ3) is 2.50. The number of aliphatic hydroxyl groups excluding tert-OH is 1. The summed E-state index contributed by atoms with van der Waals surface area (Å²) in [5, 5.41) is 17.6. The van der Waals surface area contributed by atoms with Gasteiger partial charge in [0.05, 0.1) is 0 Å². The number of hydrogen-bond donors (Lipinski definition) is 2. The van der Waals surface area contributed by atoms with Crippen molar-refractivity contribution in [3.8, 4) is 0 Å². The van der Waals surface area contributed by atoms with Crippen LogP contribution in [0.2, 0.25) is 0 Å². The zero-order valence-electron chi connectivity index (χ0n) is 7.95. The lowest BCUT2D eigenvalue weighted by atomic mass is 10.0. The number of carboxylic acid groups (broad SMARTS) is 1. The maximum Gasteiger partial charge on any atom is 0.341 e. The summed E-state index contributed by atoms with van der Waals surface area (Å²) in [6.07, 6.45) is -4.51. The smallest absolute Gasteiger partial charge is 0.341 e. The van der Waals surface area contributed by atoms with Crippen molar-refractivity contribution in [1.82, 2.24) is 0 Å². The highest BCUT2D eigenvalue weighted by molar-refractivity contribution is 5.73. The Kier molecular flexibility index (Phi) is 3.36. The van der Waals surface area contributed by atoms with E-state index in [-0.39, 0.29) is 5.56 Å². The molecule has 1 aromatic rings. The Labute approximate surface area is 85.0 Å². The summed E-state index contributed by atoms with van der Waals surface area (Å²) in [7, 11) is 0. The van der Waals surface area contributed by atoms with Crippen LogP contribution in [-0.4, -0.2) is 22.4 Å². The van der Waals surface area contributed by atoms with Gasteiger partial charge in [0.1, 0.15) is 11.9 Å². The van der Waals surface area contributed by atoms with Gasteiger partial charge in [-0.15, -0.1) is 0 Å². The number of aliphatic hydroxyl groups is 1. The fourth-order valence-corrected chi connectivity index (χ4v) is 1.18. The standard InChI is InChI=1S/C10H10F2O3/c1-5-2-3-7(11)6(4-5)9(13)8(12)10(14)15/h2-4,8-9,13H,1H3,(H,14,15). The van der Waals surface area contributed by atoms with Crippen molar-refractivity contribution in [3.05, 3.63) is 35.1 Å². The van der Waals surface area contributed by atoms with Crippen LogP contribution >= 0.6 is 0 Å². The van der Waals surface area contributed by atoms with Crippen LogP contribution < -0.4 is 0 Å². The van der Waals surface area contributed by atoms with Gasteiger partial charge in [-0.05, 0) is 13.0 Å². The molecule has 0 amide bonds. The first-order valence-corrected chi connectivity index (χ1v) is 4.24. The van der Waals surface area contributed by atoms with Gasteiger partial charge in [-0.1, -0.05) is 17.7 Å². The Hall–Kier alpha value is -1.49. The molecule has 3 nitrogen and oxygen atoms in total. The predicted molar refractivity (Wildman–Crippen MR) is 48.6 cm³/mol. The van der Waals surface area contributed by atoms with E-state index in [2.05, 4.69) is 0 Å². The molecule has 0 aliphatic carbocycles. The Morgan fingerprint density at radius 1 is 1.47 bits per heavy atom. The van der Waals surface area contributed by atoms with Gasteiger partial charge in [0.25, 0.3) is 0 Å². The second-order valence-corrected chi connectivity index (χ2v) is 3.21. The molecule has 1 aromatic carbocycles. The topological polar surface area (TPSA) is 57.5 Å². The Morgan fingerprint density at radius 3 is 2.60 bits per heavy atom. The molecule has 5 heteroatoms. The summed E-state index contributed by atoms with van der Waals surface area (Å²) in [5.74, 6) is -2.64. The van der Waals surface area contributed by atoms with Crippen molar-refractivity contribution >= 4 is 5.97 Å². The largest absolute Gasteiger partial charge is 0.479 e. The maximum absolute atomic E-state index is 13.1. The second-order valence-electron chi connectivity index (χ2n) is 3.21. The number of halogens is 2. The molecule has 0 aromatic heterocycles. The highest BCUT2D eigenvalue weighted by Crippen LogP contribution is 2.23. The number of aryl methyl sites for hydroxylation is 1. The highest BCUT2D eigenvalue weighted by atomic mass is 19.1. The Morgan fingerprint density at radius 2 is 2.07 bits per heavy atom. The monoisotopic (exact) mass is 216 g/mol. The molecule has 2 unspecified atom stereocenters. The molecule has 15 heavy (non-hydrogen) atoms. The lowest BCUT2D eigenvalue weighted by Crippen LogP contribution is -2.24. The van der Waals surface area contributed by atoms with Gasteiger partial charge >= 0.3 is 5.97 Å². The molecule has 0 bridgehead atoms. The molecule has 0 aliphatic heterocycles. The molecule has 0 aliphatic rings. The molecule has 0 saturated carbocycles. The molecule has 82 valence electrons. The first kappa shape index (κ1) is 11.6. The second kappa shape index (κ2) is 4.35. The van der Waals surface area contributed by atoms with Gasteiger partial charge in [-0.2, -0.15) is 0 Å². The summed E-state index contributed by atoms with van der Waals surface area (Å²) < 4.78 is 26.0. The highest BCUT2D eigenvalue weighted by Gasteiger charge is 2.29. The molecule has 0 fully saturated rings. The van der Waals surface area contributed by atoms with Crippen LogP contribution in [-0.2, 0) is 4.79 Å². The van der Waals surface area contributed by atoms with Gasteiger partial charge < -0.3 is 10.2 Å². The molecule has 0 saturated heterocycles. The minimum atomic E-state index is -2.53. The number of aliphatic carboxylic acids is 1. The summed E-state index contributed by atoms with van der Waals surface area (Å²) in [5.41, 5.74) is 0.271. The maximum atomic E-state index is 13.1. The van der Waals surface area contributed by atoms with Crippen LogP contribution in [0, 0.1) is 12.7 Å². The van der Waals surface area contributed by atoms with Crippen molar-refractivity contribution in [2.45, 2.75) is 19.2 Å². The van der Waals surface area contributed by atoms with Gasteiger partial charge in [0.2, 0.25) is 6.17 Å². The van der Waals surface area contributed by atoms with Gasteiger partial charge in [-0.25, -0.2) is 13.6 Å². The van der Waals surface area contributed by atoms with Crippen LogP contribution in [0.15, 0.2) is 18.2 Å².